The van der Waals surface area contributed by atoms with Crippen molar-refractivity contribution in [2.45, 2.75) is 26.3 Å². The lowest BCUT2D eigenvalue weighted by molar-refractivity contribution is -0.146. The zero-order valence-corrected chi connectivity index (χ0v) is 9.32. The van der Waals surface area contributed by atoms with Gasteiger partial charge in [-0.2, -0.15) is 5.10 Å². The van der Waals surface area contributed by atoms with E-state index < -0.39 is 12.0 Å². The lowest BCUT2D eigenvalue weighted by Gasteiger charge is -2.11. The number of aromatic nitrogens is 2. The van der Waals surface area contributed by atoms with Crippen LogP contribution in [0.1, 0.15) is 19.5 Å². The summed E-state index contributed by atoms with van der Waals surface area (Å²) in [6, 6.07) is 1.07. The molecule has 1 unspecified atom stereocenters. The van der Waals surface area contributed by atoms with E-state index in [0.29, 0.717) is 12.3 Å². The van der Waals surface area contributed by atoms with Crippen molar-refractivity contribution in [3.05, 3.63) is 18.0 Å². The summed E-state index contributed by atoms with van der Waals surface area (Å²) in [5.41, 5.74) is 0.702. The molecule has 0 bridgehead atoms. The molecule has 1 atom stereocenters. The summed E-state index contributed by atoms with van der Waals surface area (Å²) in [4.78, 5) is 22.7. The van der Waals surface area contributed by atoms with Crippen LogP contribution >= 0.6 is 0 Å². The largest absolute Gasteiger partial charge is 0.464 e. The van der Waals surface area contributed by atoms with E-state index in [4.69, 9.17) is 4.74 Å². The van der Waals surface area contributed by atoms with E-state index in [-0.39, 0.29) is 12.3 Å². The van der Waals surface area contributed by atoms with Gasteiger partial charge in [0, 0.05) is 11.9 Å². The zero-order chi connectivity index (χ0) is 12.0. The number of amides is 1. The number of aromatic amines is 1. The standard InChI is InChI=1S/C10H15N3O3/c1-3-16-10(15)7(2)12-9(14)6-8-4-5-11-13-8/h4-5,7H,3,6H2,1-2H3,(H,11,13)(H,12,14). The molecule has 0 spiro atoms. The first-order valence-electron chi connectivity index (χ1n) is 5.07. The van der Waals surface area contributed by atoms with E-state index in [0.717, 1.165) is 0 Å². The van der Waals surface area contributed by atoms with Gasteiger partial charge >= 0.3 is 5.97 Å². The summed E-state index contributed by atoms with van der Waals surface area (Å²) in [7, 11) is 0. The molecule has 6 heteroatoms. The summed E-state index contributed by atoms with van der Waals surface area (Å²) in [6.45, 7) is 3.61. The van der Waals surface area contributed by atoms with Crippen molar-refractivity contribution in [2.75, 3.05) is 6.61 Å². The minimum atomic E-state index is -0.629. The third kappa shape index (κ3) is 3.72. The van der Waals surface area contributed by atoms with Crippen LogP contribution in [0.2, 0.25) is 0 Å². The van der Waals surface area contributed by atoms with Crippen LogP contribution in [0.5, 0.6) is 0 Å². The molecule has 88 valence electrons. The normalized spacial score (nSPS) is 11.9. The molecule has 0 fully saturated rings. The third-order valence-corrected chi connectivity index (χ3v) is 1.93. The maximum absolute atomic E-state index is 11.5. The highest BCUT2D eigenvalue weighted by molar-refractivity contribution is 5.85. The molecular weight excluding hydrogens is 210 g/mol. The minimum absolute atomic E-state index is 0.170. The van der Waals surface area contributed by atoms with Crippen molar-refractivity contribution < 1.29 is 14.3 Å². The Morgan fingerprint density at radius 2 is 2.38 bits per heavy atom. The Morgan fingerprint density at radius 1 is 1.62 bits per heavy atom. The van der Waals surface area contributed by atoms with Gasteiger partial charge in [-0.15, -0.1) is 0 Å². The summed E-state index contributed by atoms with van der Waals surface area (Å²) >= 11 is 0. The number of hydrogen-bond acceptors (Lipinski definition) is 4. The van der Waals surface area contributed by atoms with Gasteiger partial charge in [0.05, 0.1) is 13.0 Å². The van der Waals surface area contributed by atoms with Crippen LogP contribution in [0.3, 0.4) is 0 Å². The van der Waals surface area contributed by atoms with E-state index in [1.54, 1.807) is 26.1 Å². The summed E-state index contributed by atoms with van der Waals surface area (Å²) in [6.07, 6.45) is 1.74. The smallest absolute Gasteiger partial charge is 0.328 e. The van der Waals surface area contributed by atoms with Crippen LogP contribution < -0.4 is 5.32 Å². The fourth-order valence-electron chi connectivity index (χ4n) is 1.17. The quantitative estimate of drug-likeness (QED) is 0.692. The molecule has 1 heterocycles. The number of ether oxygens (including phenoxy) is 1. The lowest BCUT2D eigenvalue weighted by Crippen LogP contribution is -2.40. The minimum Gasteiger partial charge on any atom is -0.464 e. The van der Waals surface area contributed by atoms with Crippen molar-refractivity contribution in [3.8, 4) is 0 Å². The molecule has 1 aromatic heterocycles. The molecule has 0 aliphatic heterocycles. The highest BCUT2D eigenvalue weighted by atomic mass is 16.5. The second-order valence-electron chi connectivity index (χ2n) is 3.30. The van der Waals surface area contributed by atoms with Gasteiger partial charge in [-0.1, -0.05) is 0 Å². The molecule has 16 heavy (non-hydrogen) atoms. The van der Waals surface area contributed by atoms with Crippen molar-refractivity contribution in [1.29, 1.82) is 0 Å². The highest BCUT2D eigenvalue weighted by Gasteiger charge is 2.16. The molecule has 0 aliphatic carbocycles. The Bertz CT molecular complexity index is 348. The molecule has 0 aliphatic rings. The van der Waals surface area contributed by atoms with Crippen LogP contribution in [0.15, 0.2) is 12.3 Å². The number of carbonyl (C=O) groups is 2. The Hall–Kier alpha value is -1.85. The molecular formula is C10H15N3O3. The number of esters is 1. The molecule has 0 saturated heterocycles. The van der Waals surface area contributed by atoms with Crippen LogP contribution in [-0.2, 0) is 20.7 Å². The van der Waals surface area contributed by atoms with Gasteiger partial charge in [0.25, 0.3) is 0 Å². The van der Waals surface area contributed by atoms with Gasteiger partial charge < -0.3 is 10.1 Å². The van der Waals surface area contributed by atoms with Crippen molar-refractivity contribution in [3.63, 3.8) is 0 Å². The molecule has 1 amide bonds. The van der Waals surface area contributed by atoms with Crippen LogP contribution in [0.25, 0.3) is 0 Å². The van der Waals surface area contributed by atoms with Gasteiger partial charge in [0.15, 0.2) is 0 Å². The fourth-order valence-corrected chi connectivity index (χ4v) is 1.17. The number of nitrogens with zero attached hydrogens (tertiary/aromatic N) is 1. The van der Waals surface area contributed by atoms with E-state index in [1.165, 1.54) is 0 Å². The van der Waals surface area contributed by atoms with Gasteiger partial charge in [-0.05, 0) is 19.9 Å². The van der Waals surface area contributed by atoms with Gasteiger partial charge in [-0.25, -0.2) is 4.79 Å². The molecule has 6 nitrogen and oxygen atoms in total. The predicted molar refractivity (Wildman–Crippen MR) is 56.5 cm³/mol. The summed E-state index contributed by atoms with van der Waals surface area (Å²) in [5.74, 6) is -0.676. The zero-order valence-electron chi connectivity index (χ0n) is 9.32. The summed E-state index contributed by atoms with van der Waals surface area (Å²) < 4.78 is 4.77. The Labute approximate surface area is 93.4 Å². The Kier molecular flexibility index (Phi) is 4.50. The first-order valence-corrected chi connectivity index (χ1v) is 5.07. The summed E-state index contributed by atoms with van der Waals surface area (Å²) in [5, 5.41) is 8.93. The first-order chi connectivity index (χ1) is 7.63. The molecule has 0 saturated carbocycles. The van der Waals surface area contributed by atoms with Gasteiger partial charge in [0.2, 0.25) is 5.91 Å². The van der Waals surface area contributed by atoms with E-state index in [2.05, 4.69) is 15.5 Å². The number of hydrogen-bond donors (Lipinski definition) is 2. The van der Waals surface area contributed by atoms with Crippen molar-refractivity contribution in [2.24, 2.45) is 0 Å². The highest BCUT2D eigenvalue weighted by Crippen LogP contribution is 1.94. The van der Waals surface area contributed by atoms with Crippen molar-refractivity contribution >= 4 is 11.9 Å². The van der Waals surface area contributed by atoms with Crippen molar-refractivity contribution in [1.82, 2.24) is 15.5 Å². The topological polar surface area (TPSA) is 84.1 Å². The number of H-pyrrole nitrogens is 1. The maximum Gasteiger partial charge on any atom is 0.328 e. The average molecular weight is 225 g/mol. The number of carbonyl (C=O) groups excluding carboxylic acids is 2. The van der Waals surface area contributed by atoms with Crippen LogP contribution in [0, 0.1) is 0 Å². The number of rotatable bonds is 5. The molecule has 1 rings (SSSR count). The third-order valence-electron chi connectivity index (χ3n) is 1.93. The van der Waals surface area contributed by atoms with E-state index in [1.807, 2.05) is 0 Å². The number of nitrogens with one attached hydrogen (secondary N) is 2. The van der Waals surface area contributed by atoms with Crippen LogP contribution in [0.4, 0.5) is 0 Å². The SMILES string of the molecule is CCOC(=O)C(C)NC(=O)Cc1ccn[nH]1. The Balaban J connectivity index is 2.36. The second kappa shape index (κ2) is 5.89. The maximum atomic E-state index is 11.5. The molecule has 0 aromatic carbocycles. The lowest BCUT2D eigenvalue weighted by atomic mass is 10.2. The van der Waals surface area contributed by atoms with E-state index >= 15 is 0 Å². The predicted octanol–water partition coefficient (Wildman–Crippen LogP) is 0.0200. The second-order valence-corrected chi connectivity index (χ2v) is 3.30. The molecule has 1 aromatic rings. The van der Waals surface area contributed by atoms with Crippen LogP contribution in [-0.4, -0.2) is 34.7 Å². The monoisotopic (exact) mass is 225 g/mol. The van der Waals surface area contributed by atoms with Gasteiger partial charge in [-0.3, -0.25) is 9.89 Å². The Morgan fingerprint density at radius 3 is 2.94 bits per heavy atom. The first kappa shape index (κ1) is 12.2. The van der Waals surface area contributed by atoms with Gasteiger partial charge in [0.1, 0.15) is 6.04 Å². The molecule has 2 N–H and O–H groups in total. The average Bonchev–Trinajstić information content (AvgIpc) is 2.70. The fraction of sp³-hybridized carbons (Fsp3) is 0.500. The van der Waals surface area contributed by atoms with E-state index in [9.17, 15) is 9.59 Å². The molecule has 0 radical (unpaired) electrons.